The lowest BCUT2D eigenvalue weighted by Gasteiger charge is -2.07. The zero-order valence-electron chi connectivity index (χ0n) is 19.3. The summed E-state index contributed by atoms with van der Waals surface area (Å²) < 4.78 is 8.52. The van der Waals surface area contributed by atoms with Gasteiger partial charge in [0.1, 0.15) is 12.3 Å². The lowest BCUT2D eigenvalue weighted by molar-refractivity contribution is -0.117. The number of nitrogens with one attached hydrogen (secondary N) is 1. The van der Waals surface area contributed by atoms with Gasteiger partial charge in [-0.3, -0.25) is 4.79 Å². The Bertz CT molecular complexity index is 1540. The van der Waals surface area contributed by atoms with E-state index >= 15 is 0 Å². The summed E-state index contributed by atoms with van der Waals surface area (Å²) in [6, 6.07) is 24.2. The number of fused-ring (bicyclic) bond motifs is 3. The van der Waals surface area contributed by atoms with Crippen LogP contribution in [-0.4, -0.2) is 25.1 Å². The van der Waals surface area contributed by atoms with Crippen molar-refractivity contribution in [1.29, 1.82) is 0 Å². The highest BCUT2D eigenvalue weighted by Crippen LogP contribution is 2.25. The third-order valence-corrected chi connectivity index (χ3v) is 5.68. The fourth-order valence-corrected chi connectivity index (χ4v) is 3.91. The van der Waals surface area contributed by atoms with E-state index in [4.69, 9.17) is 4.74 Å². The number of hydrogen-bond acceptors (Lipinski definition) is 5. The van der Waals surface area contributed by atoms with Crippen LogP contribution in [0, 0.1) is 0 Å². The van der Waals surface area contributed by atoms with Crippen molar-refractivity contribution in [3.63, 3.8) is 0 Å². The van der Waals surface area contributed by atoms with Crippen LogP contribution in [0.3, 0.4) is 0 Å². The summed E-state index contributed by atoms with van der Waals surface area (Å²) in [7, 11) is 0. The maximum Gasteiger partial charge on any atom is 0.351 e. The average molecular weight is 468 g/mol. The molecule has 1 N–H and O–H groups in total. The van der Waals surface area contributed by atoms with Crippen molar-refractivity contribution in [2.45, 2.75) is 32.7 Å². The smallest absolute Gasteiger partial charge is 0.351 e. The number of anilines is 1. The van der Waals surface area contributed by atoms with E-state index < -0.39 is 5.69 Å². The molecule has 0 saturated heterocycles. The molecule has 3 aromatic carbocycles. The second kappa shape index (κ2) is 9.80. The largest absolute Gasteiger partial charge is 0.436 e. The first-order valence-electron chi connectivity index (χ1n) is 11.6. The van der Waals surface area contributed by atoms with Gasteiger partial charge in [0.25, 0.3) is 5.88 Å². The van der Waals surface area contributed by atoms with Crippen molar-refractivity contribution in [2.24, 2.45) is 0 Å². The van der Waals surface area contributed by atoms with Gasteiger partial charge < -0.3 is 10.1 Å². The van der Waals surface area contributed by atoms with Crippen LogP contribution in [0.5, 0.6) is 11.6 Å². The summed E-state index contributed by atoms with van der Waals surface area (Å²) in [4.78, 5) is 30.6. The Morgan fingerprint density at radius 3 is 2.49 bits per heavy atom. The Balaban J connectivity index is 1.45. The van der Waals surface area contributed by atoms with E-state index in [-0.39, 0.29) is 24.0 Å². The topological polar surface area (TPSA) is 90.5 Å². The second-order valence-corrected chi connectivity index (χ2v) is 8.27. The number of carbonyl (C=O) groups excluding carboxylic acids is 1. The summed E-state index contributed by atoms with van der Waals surface area (Å²) >= 11 is 0. The van der Waals surface area contributed by atoms with E-state index in [2.05, 4.69) is 22.3 Å². The van der Waals surface area contributed by atoms with Crippen molar-refractivity contribution in [1.82, 2.24) is 19.2 Å². The molecule has 0 aliphatic carbocycles. The minimum absolute atomic E-state index is 0.189. The number of nitrogens with zero attached hydrogens (tertiary/aromatic N) is 4. The lowest BCUT2D eigenvalue weighted by Crippen LogP contribution is -2.28. The van der Waals surface area contributed by atoms with E-state index in [1.165, 1.54) is 9.96 Å². The zero-order chi connectivity index (χ0) is 24.2. The Morgan fingerprint density at radius 1 is 0.971 bits per heavy atom. The summed E-state index contributed by atoms with van der Waals surface area (Å²) in [5.74, 6) is 0.410. The number of carbonyl (C=O) groups is 1. The molecular weight excluding hydrogens is 442 g/mol. The molecule has 8 heteroatoms. The van der Waals surface area contributed by atoms with Crippen LogP contribution < -0.4 is 15.7 Å². The minimum Gasteiger partial charge on any atom is -0.436 e. The highest BCUT2D eigenvalue weighted by atomic mass is 16.5. The number of unbranched alkanes of at least 4 members (excludes halogenated alkanes) is 1. The summed E-state index contributed by atoms with van der Waals surface area (Å²) in [6.07, 6.45) is 3.27. The van der Waals surface area contributed by atoms with Crippen molar-refractivity contribution in [2.75, 3.05) is 5.32 Å². The first-order chi connectivity index (χ1) is 17.1. The number of ether oxygens (including phenoxy) is 1. The highest BCUT2D eigenvalue weighted by Gasteiger charge is 2.19. The predicted octanol–water partition coefficient (Wildman–Crippen LogP) is 4.82. The fourth-order valence-electron chi connectivity index (χ4n) is 3.91. The van der Waals surface area contributed by atoms with Gasteiger partial charge in [-0.1, -0.05) is 55.8 Å². The van der Waals surface area contributed by atoms with Gasteiger partial charge in [0.2, 0.25) is 11.6 Å². The number of rotatable bonds is 8. The normalized spacial score (nSPS) is 11.1. The molecule has 35 heavy (non-hydrogen) atoms. The SMILES string of the molecule is CCCCc1ccc(NC(=O)Cn2nc3c(Oc4ccccc4)nc4ccccc4n3c2=O)cc1. The van der Waals surface area contributed by atoms with E-state index in [1.807, 2.05) is 54.6 Å². The molecule has 0 atom stereocenters. The molecule has 176 valence electrons. The Hall–Kier alpha value is -4.46. The number of para-hydroxylation sites is 3. The van der Waals surface area contributed by atoms with Gasteiger partial charge in [0.15, 0.2) is 0 Å². The molecule has 0 aliphatic heterocycles. The van der Waals surface area contributed by atoms with E-state index in [0.29, 0.717) is 22.5 Å². The van der Waals surface area contributed by atoms with Crippen LogP contribution in [0.25, 0.3) is 16.7 Å². The standard InChI is InChI=1S/C27H25N5O3/c1-2-3-9-19-14-16-20(17-15-19)28-24(33)18-31-27(34)32-23-13-8-7-12-22(23)29-26(25(32)30-31)35-21-10-5-4-6-11-21/h4-8,10-17H,2-3,9,18H2,1H3,(H,28,33). The Morgan fingerprint density at radius 2 is 1.71 bits per heavy atom. The first-order valence-corrected chi connectivity index (χ1v) is 11.6. The minimum atomic E-state index is -0.443. The number of hydrogen-bond donors (Lipinski definition) is 1. The van der Waals surface area contributed by atoms with Crippen molar-refractivity contribution < 1.29 is 9.53 Å². The third kappa shape index (κ3) is 4.77. The second-order valence-electron chi connectivity index (χ2n) is 8.27. The number of amides is 1. The van der Waals surface area contributed by atoms with Crippen LogP contribution in [0.1, 0.15) is 25.3 Å². The Labute approximate surface area is 201 Å². The van der Waals surface area contributed by atoms with Crippen molar-refractivity contribution in [3.05, 3.63) is 94.9 Å². The monoisotopic (exact) mass is 467 g/mol. The molecule has 0 bridgehead atoms. The zero-order valence-corrected chi connectivity index (χ0v) is 19.3. The summed E-state index contributed by atoms with van der Waals surface area (Å²) in [5, 5.41) is 7.25. The molecule has 2 aromatic heterocycles. The van der Waals surface area contributed by atoms with Gasteiger partial charge in [-0.25, -0.2) is 18.9 Å². The van der Waals surface area contributed by atoms with Crippen LogP contribution in [0.4, 0.5) is 5.69 Å². The average Bonchev–Trinajstić information content (AvgIpc) is 3.20. The van der Waals surface area contributed by atoms with Crippen LogP contribution in [0.15, 0.2) is 83.7 Å². The maximum absolute atomic E-state index is 13.3. The number of benzene rings is 3. The van der Waals surface area contributed by atoms with Crippen LogP contribution >= 0.6 is 0 Å². The molecule has 0 radical (unpaired) electrons. The molecule has 5 rings (SSSR count). The fraction of sp³-hybridized carbons (Fsp3) is 0.185. The summed E-state index contributed by atoms with van der Waals surface area (Å²) in [6.45, 7) is 1.92. The number of aryl methyl sites for hydroxylation is 1. The van der Waals surface area contributed by atoms with Gasteiger partial charge >= 0.3 is 5.69 Å². The molecule has 8 nitrogen and oxygen atoms in total. The van der Waals surface area contributed by atoms with E-state index in [0.717, 1.165) is 23.9 Å². The molecule has 0 unspecified atom stereocenters. The predicted molar refractivity (Wildman–Crippen MR) is 135 cm³/mol. The molecular formula is C27H25N5O3. The maximum atomic E-state index is 13.3. The van der Waals surface area contributed by atoms with E-state index in [1.54, 1.807) is 24.3 Å². The van der Waals surface area contributed by atoms with Gasteiger partial charge in [-0.05, 0) is 54.8 Å². The molecule has 2 heterocycles. The van der Waals surface area contributed by atoms with Gasteiger partial charge in [0.05, 0.1) is 11.0 Å². The lowest BCUT2D eigenvalue weighted by atomic mass is 10.1. The molecule has 0 fully saturated rings. The van der Waals surface area contributed by atoms with Gasteiger partial charge in [-0.15, -0.1) is 5.10 Å². The molecule has 0 saturated carbocycles. The van der Waals surface area contributed by atoms with Gasteiger partial charge in [-0.2, -0.15) is 0 Å². The van der Waals surface area contributed by atoms with Crippen molar-refractivity contribution >= 4 is 28.3 Å². The summed E-state index contributed by atoms with van der Waals surface area (Å²) in [5.41, 5.74) is 2.87. The molecule has 0 aliphatic rings. The molecule has 0 spiro atoms. The first kappa shape index (κ1) is 22.3. The van der Waals surface area contributed by atoms with Crippen LogP contribution in [-0.2, 0) is 17.8 Å². The quantitative estimate of drug-likeness (QED) is 0.353. The van der Waals surface area contributed by atoms with Crippen LogP contribution in [0.2, 0.25) is 0 Å². The molecule has 1 amide bonds. The number of aromatic nitrogens is 4. The van der Waals surface area contributed by atoms with Gasteiger partial charge in [0, 0.05) is 5.69 Å². The van der Waals surface area contributed by atoms with E-state index in [9.17, 15) is 9.59 Å². The Kier molecular flexibility index (Phi) is 6.26. The van der Waals surface area contributed by atoms with Crippen molar-refractivity contribution in [3.8, 4) is 11.6 Å². The highest BCUT2D eigenvalue weighted by molar-refractivity contribution is 5.90. The molecule has 5 aromatic rings. The third-order valence-electron chi connectivity index (χ3n) is 5.68.